The lowest BCUT2D eigenvalue weighted by Crippen LogP contribution is -2.50. The van der Waals surface area contributed by atoms with Crippen LogP contribution in [0.4, 0.5) is 0 Å². The SMILES string of the molecule is Cc1ccc(-c2c(C)sc3nc(CN4CCN(C5CCS(=O)(=O)C5)CC4)[nH]c(=O)c23)cc1. The highest BCUT2D eigenvalue weighted by Crippen LogP contribution is 2.35. The summed E-state index contributed by atoms with van der Waals surface area (Å²) in [5.74, 6) is 1.30. The van der Waals surface area contributed by atoms with E-state index >= 15 is 0 Å². The summed E-state index contributed by atoms with van der Waals surface area (Å²) >= 11 is 1.57. The second-order valence-electron chi connectivity index (χ2n) is 8.96. The number of hydrogen-bond donors (Lipinski definition) is 1. The van der Waals surface area contributed by atoms with Gasteiger partial charge in [-0.15, -0.1) is 11.3 Å². The Kier molecular flexibility index (Phi) is 5.69. The Morgan fingerprint density at radius 1 is 1.12 bits per heavy atom. The lowest BCUT2D eigenvalue weighted by molar-refractivity contribution is 0.0984. The molecule has 0 radical (unpaired) electrons. The van der Waals surface area contributed by atoms with Crippen LogP contribution in [0.25, 0.3) is 21.3 Å². The van der Waals surface area contributed by atoms with Gasteiger partial charge in [0.25, 0.3) is 5.56 Å². The number of rotatable bonds is 4. The van der Waals surface area contributed by atoms with E-state index in [-0.39, 0.29) is 11.6 Å². The maximum atomic E-state index is 13.0. The number of thiophene rings is 1. The van der Waals surface area contributed by atoms with Crippen LogP contribution in [0.3, 0.4) is 0 Å². The largest absolute Gasteiger partial charge is 0.309 e. The number of aryl methyl sites for hydroxylation is 2. The molecular weight excluding hydrogens is 444 g/mol. The van der Waals surface area contributed by atoms with Crippen LogP contribution in [-0.2, 0) is 16.4 Å². The molecule has 2 aliphatic rings. The second-order valence-corrected chi connectivity index (χ2v) is 12.4. The number of H-pyrrole nitrogens is 1. The number of hydrogen-bond acceptors (Lipinski definition) is 7. The van der Waals surface area contributed by atoms with Crippen LogP contribution in [0.5, 0.6) is 0 Å². The standard InChI is InChI=1S/C23H28N4O3S2/c1-15-3-5-17(6-4-15)20-16(2)31-23-21(20)22(28)24-19(25-23)13-26-8-10-27(11-9-26)18-7-12-32(29,30)14-18/h3-6,18H,7-14H2,1-2H3,(H,24,25,28). The lowest BCUT2D eigenvalue weighted by Gasteiger charge is -2.37. The first-order valence-corrected chi connectivity index (χ1v) is 13.7. The molecule has 4 heterocycles. The highest BCUT2D eigenvalue weighted by atomic mass is 32.2. The van der Waals surface area contributed by atoms with E-state index in [2.05, 4.69) is 46.0 Å². The van der Waals surface area contributed by atoms with Crippen LogP contribution < -0.4 is 5.56 Å². The molecule has 1 N–H and O–H groups in total. The summed E-state index contributed by atoms with van der Waals surface area (Å²) in [6.07, 6.45) is 0.745. The Bertz CT molecular complexity index is 1300. The number of sulfone groups is 1. The van der Waals surface area contributed by atoms with E-state index < -0.39 is 9.84 Å². The summed E-state index contributed by atoms with van der Waals surface area (Å²) in [7, 11) is -2.86. The average molecular weight is 473 g/mol. The normalized spacial score (nSPS) is 22.0. The molecule has 9 heteroatoms. The number of aromatic nitrogens is 2. The van der Waals surface area contributed by atoms with Crippen molar-refractivity contribution in [1.29, 1.82) is 0 Å². The Labute approximate surface area is 192 Å². The Hall–Kier alpha value is -2.07. The van der Waals surface area contributed by atoms with Crippen LogP contribution in [0.2, 0.25) is 0 Å². The molecule has 7 nitrogen and oxygen atoms in total. The maximum absolute atomic E-state index is 13.0. The topological polar surface area (TPSA) is 86.4 Å². The number of fused-ring (bicyclic) bond motifs is 1. The molecule has 0 saturated carbocycles. The van der Waals surface area contributed by atoms with E-state index in [1.807, 2.05) is 6.92 Å². The average Bonchev–Trinajstić information content (AvgIpc) is 3.28. The Morgan fingerprint density at radius 2 is 1.84 bits per heavy atom. The van der Waals surface area contributed by atoms with Crippen molar-refractivity contribution in [3.63, 3.8) is 0 Å². The molecule has 2 aliphatic heterocycles. The van der Waals surface area contributed by atoms with E-state index in [1.165, 1.54) is 5.56 Å². The summed E-state index contributed by atoms with van der Waals surface area (Å²) in [5.41, 5.74) is 3.13. The molecule has 170 valence electrons. The molecule has 32 heavy (non-hydrogen) atoms. The van der Waals surface area contributed by atoms with E-state index in [0.717, 1.165) is 53.4 Å². The zero-order valence-corrected chi connectivity index (χ0v) is 20.1. The molecule has 1 aromatic carbocycles. The van der Waals surface area contributed by atoms with Crippen LogP contribution in [0.1, 0.15) is 22.7 Å². The highest BCUT2D eigenvalue weighted by Gasteiger charge is 2.33. The van der Waals surface area contributed by atoms with Gasteiger partial charge in [-0.1, -0.05) is 29.8 Å². The molecule has 0 amide bonds. The molecule has 5 rings (SSSR count). The molecule has 1 unspecified atom stereocenters. The fourth-order valence-corrected chi connectivity index (χ4v) is 7.69. The second kappa shape index (κ2) is 8.37. The predicted molar refractivity (Wildman–Crippen MR) is 129 cm³/mol. The third-order valence-corrected chi connectivity index (χ3v) is 9.38. The summed E-state index contributed by atoms with van der Waals surface area (Å²) in [6, 6.07) is 8.41. The Morgan fingerprint density at radius 3 is 2.50 bits per heavy atom. The van der Waals surface area contributed by atoms with Crippen molar-refractivity contribution in [2.45, 2.75) is 32.9 Å². The first-order chi connectivity index (χ1) is 15.3. The van der Waals surface area contributed by atoms with Gasteiger partial charge >= 0.3 is 0 Å². The number of benzene rings is 1. The van der Waals surface area contributed by atoms with Gasteiger partial charge < -0.3 is 4.98 Å². The van der Waals surface area contributed by atoms with E-state index in [1.54, 1.807) is 11.3 Å². The van der Waals surface area contributed by atoms with Crippen LogP contribution in [0.15, 0.2) is 29.1 Å². The van der Waals surface area contributed by atoms with Gasteiger partial charge in [0, 0.05) is 42.7 Å². The number of aromatic amines is 1. The van der Waals surface area contributed by atoms with E-state index in [4.69, 9.17) is 4.98 Å². The summed E-state index contributed by atoms with van der Waals surface area (Å²) in [5, 5.41) is 0.673. The number of nitrogens with one attached hydrogen (secondary N) is 1. The molecule has 1 atom stereocenters. The monoisotopic (exact) mass is 472 g/mol. The molecule has 0 bridgehead atoms. The minimum atomic E-state index is -2.86. The van der Waals surface area contributed by atoms with Crippen LogP contribution in [0, 0.1) is 13.8 Å². The third kappa shape index (κ3) is 4.26. The van der Waals surface area contributed by atoms with Crippen LogP contribution >= 0.6 is 11.3 Å². The van der Waals surface area contributed by atoms with Crippen molar-refractivity contribution in [2.75, 3.05) is 37.7 Å². The number of piperazine rings is 1. The fourth-order valence-electron chi connectivity index (χ4n) is 4.87. The first-order valence-electron chi connectivity index (χ1n) is 11.1. The van der Waals surface area contributed by atoms with Crippen molar-refractivity contribution < 1.29 is 8.42 Å². The van der Waals surface area contributed by atoms with Crippen molar-refractivity contribution in [2.24, 2.45) is 0 Å². The molecule has 3 aromatic rings. The van der Waals surface area contributed by atoms with Gasteiger partial charge in [0.2, 0.25) is 0 Å². The van der Waals surface area contributed by atoms with Crippen molar-refractivity contribution in [1.82, 2.24) is 19.8 Å². The van der Waals surface area contributed by atoms with Gasteiger partial charge in [0.1, 0.15) is 10.7 Å². The van der Waals surface area contributed by atoms with Crippen molar-refractivity contribution in [3.05, 3.63) is 50.9 Å². The van der Waals surface area contributed by atoms with Gasteiger partial charge in [0.15, 0.2) is 9.84 Å². The van der Waals surface area contributed by atoms with Crippen molar-refractivity contribution >= 4 is 31.4 Å². The zero-order valence-electron chi connectivity index (χ0n) is 18.4. The first kappa shape index (κ1) is 21.8. The van der Waals surface area contributed by atoms with Gasteiger partial charge in [-0.3, -0.25) is 14.6 Å². The number of nitrogens with zero attached hydrogens (tertiary/aromatic N) is 3. The lowest BCUT2D eigenvalue weighted by atomic mass is 10.0. The maximum Gasteiger partial charge on any atom is 0.260 e. The Balaban J connectivity index is 1.32. The molecular formula is C23H28N4O3S2. The van der Waals surface area contributed by atoms with Crippen LogP contribution in [-0.4, -0.2) is 71.9 Å². The van der Waals surface area contributed by atoms with Gasteiger partial charge in [-0.2, -0.15) is 0 Å². The molecule has 2 aromatic heterocycles. The molecule has 2 fully saturated rings. The fraction of sp³-hybridized carbons (Fsp3) is 0.478. The highest BCUT2D eigenvalue weighted by molar-refractivity contribution is 7.91. The quantitative estimate of drug-likeness (QED) is 0.628. The van der Waals surface area contributed by atoms with Gasteiger partial charge in [-0.25, -0.2) is 13.4 Å². The van der Waals surface area contributed by atoms with Gasteiger partial charge in [-0.05, 0) is 25.8 Å². The summed E-state index contributed by atoms with van der Waals surface area (Å²) < 4.78 is 23.6. The van der Waals surface area contributed by atoms with Crippen molar-refractivity contribution in [3.8, 4) is 11.1 Å². The van der Waals surface area contributed by atoms with E-state index in [0.29, 0.717) is 29.3 Å². The summed E-state index contributed by atoms with van der Waals surface area (Å²) in [4.78, 5) is 27.3. The molecule has 0 aliphatic carbocycles. The minimum absolute atomic E-state index is 0.0836. The molecule has 2 saturated heterocycles. The zero-order chi connectivity index (χ0) is 22.5. The van der Waals surface area contributed by atoms with E-state index in [9.17, 15) is 13.2 Å². The molecule has 0 spiro atoms. The van der Waals surface area contributed by atoms with Gasteiger partial charge in [0.05, 0.1) is 23.4 Å². The predicted octanol–water partition coefficient (Wildman–Crippen LogP) is 2.57. The smallest absolute Gasteiger partial charge is 0.260 e. The third-order valence-electron chi connectivity index (χ3n) is 6.63. The summed E-state index contributed by atoms with van der Waals surface area (Å²) in [6.45, 7) is 8.08. The minimum Gasteiger partial charge on any atom is -0.309 e.